The van der Waals surface area contributed by atoms with E-state index in [1.165, 1.54) is 0 Å². The number of rotatable bonds is 8. The zero-order valence-corrected chi connectivity index (χ0v) is 9.72. The molecule has 0 aromatic heterocycles. The van der Waals surface area contributed by atoms with Crippen LogP contribution in [0.5, 0.6) is 0 Å². The van der Waals surface area contributed by atoms with E-state index in [0.717, 1.165) is 6.08 Å². The van der Waals surface area contributed by atoms with Crippen molar-refractivity contribution in [3.63, 3.8) is 0 Å². The second-order valence-corrected chi connectivity index (χ2v) is 2.88. The molecular formula is C11H14O7. The van der Waals surface area contributed by atoms with Gasteiger partial charge < -0.3 is 19.3 Å². The van der Waals surface area contributed by atoms with Crippen molar-refractivity contribution in [2.45, 2.75) is 6.42 Å². The lowest BCUT2D eigenvalue weighted by Gasteiger charge is -2.06. The van der Waals surface area contributed by atoms with Gasteiger partial charge in [-0.25, -0.2) is 9.59 Å². The van der Waals surface area contributed by atoms with Gasteiger partial charge in [-0.3, -0.25) is 4.79 Å². The van der Waals surface area contributed by atoms with Gasteiger partial charge in [-0.15, -0.1) is 0 Å². The summed E-state index contributed by atoms with van der Waals surface area (Å²) in [6, 6.07) is 0. The van der Waals surface area contributed by atoms with Gasteiger partial charge in [0.15, 0.2) is 5.76 Å². The molecule has 0 bridgehead atoms. The zero-order chi connectivity index (χ0) is 14.0. The zero-order valence-electron chi connectivity index (χ0n) is 9.72. The molecule has 7 heteroatoms. The molecule has 0 aromatic carbocycles. The fraction of sp³-hybridized carbons (Fsp3) is 0.364. The Balaban J connectivity index is 3.86. The summed E-state index contributed by atoms with van der Waals surface area (Å²) in [4.78, 5) is 32.9. The van der Waals surface area contributed by atoms with E-state index in [-0.39, 0.29) is 32.0 Å². The quantitative estimate of drug-likeness (QED) is 0.276. The Bertz CT molecular complexity index is 345. The second kappa shape index (κ2) is 8.94. The fourth-order valence-electron chi connectivity index (χ4n) is 0.733. The van der Waals surface area contributed by atoms with Gasteiger partial charge in [-0.2, -0.15) is 0 Å². The normalized spacial score (nSPS) is 9.17. The van der Waals surface area contributed by atoms with Crippen LogP contribution in [0.3, 0.4) is 0 Å². The van der Waals surface area contributed by atoms with Gasteiger partial charge in [0.1, 0.15) is 13.2 Å². The van der Waals surface area contributed by atoms with Crippen LogP contribution >= 0.6 is 0 Å². The van der Waals surface area contributed by atoms with Gasteiger partial charge >= 0.3 is 17.9 Å². The molecule has 0 atom stereocenters. The fourth-order valence-corrected chi connectivity index (χ4v) is 0.733. The molecular weight excluding hydrogens is 244 g/mol. The van der Waals surface area contributed by atoms with Crippen molar-refractivity contribution < 1.29 is 33.7 Å². The number of carbonyl (C=O) groups excluding carboxylic acids is 3. The lowest BCUT2D eigenvalue weighted by atomic mass is 10.4. The van der Waals surface area contributed by atoms with Gasteiger partial charge in [0.05, 0.1) is 13.0 Å². The minimum atomic E-state index is -1.05. The minimum Gasteiger partial charge on any atom is -0.485 e. The Labute approximate surface area is 104 Å². The number of aliphatic hydroxyl groups is 1. The number of hydrogen-bond donors (Lipinski definition) is 1. The predicted octanol–water partition coefficient (Wildman–Crippen LogP) is -0.302. The first-order chi connectivity index (χ1) is 8.51. The van der Waals surface area contributed by atoms with Gasteiger partial charge in [0.2, 0.25) is 0 Å². The highest BCUT2D eigenvalue weighted by Gasteiger charge is 2.15. The molecule has 0 amide bonds. The molecule has 0 rings (SSSR count). The van der Waals surface area contributed by atoms with Crippen molar-refractivity contribution in [2.24, 2.45) is 0 Å². The number of hydrogen-bond acceptors (Lipinski definition) is 7. The summed E-state index contributed by atoms with van der Waals surface area (Å²) in [6.45, 7) is 5.73. The number of carbonyl (C=O) groups is 3. The van der Waals surface area contributed by atoms with E-state index in [1.807, 2.05) is 0 Å². The second-order valence-electron chi connectivity index (χ2n) is 2.88. The molecule has 0 radical (unpaired) electrons. The van der Waals surface area contributed by atoms with Gasteiger partial charge in [0, 0.05) is 6.08 Å². The van der Waals surface area contributed by atoms with Crippen molar-refractivity contribution in [1.29, 1.82) is 0 Å². The van der Waals surface area contributed by atoms with Gasteiger partial charge in [0.25, 0.3) is 0 Å². The molecule has 18 heavy (non-hydrogen) atoms. The Hall–Kier alpha value is -2.15. The minimum absolute atomic E-state index is 0.126. The van der Waals surface area contributed by atoms with E-state index >= 15 is 0 Å². The van der Waals surface area contributed by atoms with Crippen molar-refractivity contribution >= 4 is 17.9 Å². The summed E-state index contributed by atoms with van der Waals surface area (Å²) in [5.41, 5.74) is 0. The van der Waals surface area contributed by atoms with Crippen LogP contribution in [0.25, 0.3) is 0 Å². The maximum Gasteiger partial charge on any atom is 0.380 e. The van der Waals surface area contributed by atoms with E-state index in [2.05, 4.69) is 27.4 Å². The Kier molecular flexibility index (Phi) is 7.87. The van der Waals surface area contributed by atoms with E-state index in [1.54, 1.807) is 0 Å². The summed E-state index contributed by atoms with van der Waals surface area (Å²) < 4.78 is 13.5. The molecule has 1 N–H and O–H groups in total. The lowest BCUT2D eigenvalue weighted by Crippen LogP contribution is -2.18. The smallest absolute Gasteiger partial charge is 0.380 e. The average molecular weight is 258 g/mol. The molecule has 100 valence electrons. The van der Waals surface area contributed by atoms with Crippen LogP contribution in [-0.4, -0.2) is 42.8 Å². The molecule has 0 saturated heterocycles. The summed E-state index contributed by atoms with van der Waals surface area (Å²) in [5.74, 6) is -3.00. The van der Waals surface area contributed by atoms with E-state index in [9.17, 15) is 14.4 Å². The molecule has 0 fully saturated rings. The first kappa shape index (κ1) is 15.9. The van der Waals surface area contributed by atoms with Crippen LogP contribution in [-0.2, 0) is 28.6 Å². The van der Waals surface area contributed by atoms with Gasteiger partial charge in [-0.05, 0) is 6.58 Å². The molecule has 0 spiro atoms. The number of ether oxygens (including phenoxy) is 3. The highest BCUT2D eigenvalue weighted by molar-refractivity contribution is 5.94. The Morgan fingerprint density at radius 1 is 1.17 bits per heavy atom. The maximum absolute atomic E-state index is 11.1. The topological polar surface area (TPSA) is 99.1 Å². The predicted molar refractivity (Wildman–Crippen MR) is 59.0 cm³/mol. The lowest BCUT2D eigenvalue weighted by molar-refractivity contribution is -0.160. The highest BCUT2D eigenvalue weighted by Crippen LogP contribution is 1.99. The summed E-state index contributed by atoms with van der Waals surface area (Å²) in [6.07, 6.45) is 0.666. The average Bonchev–Trinajstić information content (AvgIpc) is 2.35. The third-order valence-electron chi connectivity index (χ3n) is 1.52. The molecule has 0 aliphatic carbocycles. The van der Waals surface area contributed by atoms with Crippen LogP contribution < -0.4 is 0 Å². The summed E-state index contributed by atoms with van der Waals surface area (Å²) in [7, 11) is 0. The van der Waals surface area contributed by atoms with Crippen LogP contribution in [0.1, 0.15) is 6.42 Å². The molecule has 0 saturated carbocycles. The molecule has 0 unspecified atom stereocenters. The van der Waals surface area contributed by atoms with Gasteiger partial charge in [-0.1, -0.05) is 6.58 Å². The molecule has 0 aromatic rings. The monoisotopic (exact) mass is 258 g/mol. The third kappa shape index (κ3) is 7.18. The standard InChI is InChI=1S/C11H14O7/c1-3-9(13)17-6-4-10(14)18-11(15)8(2)16-7-5-12/h3,12H,1-2,4-7H2. The van der Waals surface area contributed by atoms with Crippen molar-refractivity contribution in [3.05, 3.63) is 25.0 Å². The van der Waals surface area contributed by atoms with Crippen LogP contribution in [0.15, 0.2) is 25.0 Å². The van der Waals surface area contributed by atoms with E-state index in [0.29, 0.717) is 0 Å². The molecule has 0 heterocycles. The Morgan fingerprint density at radius 2 is 1.83 bits per heavy atom. The highest BCUT2D eigenvalue weighted by atomic mass is 16.6. The Morgan fingerprint density at radius 3 is 2.39 bits per heavy atom. The van der Waals surface area contributed by atoms with E-state index in [4.69, 9.17) is 5.11 Å². The number of aliphatic hydroxyl groups excluding tert-OH is 1. The molecule has 0 aliphatic rings. The SMILES string of the molecule is C=CC(=O)OCCC(=O)OC(=O)C(=C)OCCO. The van der Waals surface area contributed by atoms with E-state index < -0.39 is 17.9 Å². The van der Waals surface area contributed by atoms with Crippen molar-refractivity contribution in [1.82, 2.24) is 0 Å². The largest absolute Gasteiger partial charge is 0.485 e. The van der Waals surface area contributed by atoms with Crippen LogP contribution in [0.4, 0.5) is 0 Å². The molecule has 7 nitrogen and oxygen atoms in total. The van der Waals surface area contributed by atoms with Crippen LogP contribution in [0, 0.1) is 0 Å². The number of esters is 3. The summed E-state index contributed by atoms with van der Waals surface area (Å²) >= 11 is 0. The first-order valence-electron chi connectivity index (χ1n) is 4.98. The van der Waals surface area contributed by atoms with Crippen molar-refractivity contribution in [3.8, 4) is 0 Å². The first-order valence-corrected chi connectivity index (χ1v) is 4.98. The maximum atomic E-state index is 11.1. The van der Waals surface area contributed by atoms with Crippen molar-refractivity contribution in [2.75, 3.05) is 19.8 Å². The third-order valence-corrected chi connectivity index (χ3v) is 1.52. The molecule has 0 aliphatic heterocycles. The van der Waals surface area contributed by atoms with Crippen LogP contribution in [0.2, 0.25) is 0 Å². The summed E-state index contributed by atoms with van der Waals surface area (Å²) in [5, 5.41) is 8.43.